The molecule has 0 N–H and O–H groups in total. The molecule has 0 bridgehead atoms. The molecule has 146 valence electrons. The smallest absolute Gasteiger partial charge is 0.295 e. The molecule has 6 nitrogen and oxygen atoms in total. The van der Waals surface area contributed by atoms with Crippen LogP contribution in [0.15, 0.2) is 59.4 Å². The molecule has 0 spiro atoms. The van der Waals surface area contributed by atoms with Crippen LogP contribution < -0.4 is 20.1 Å². The SMILES string of the molecule is CCN(C)c1cc(-c2cccc(OC)c2)nn(-c2cccc(N(C)C)c2)c1=O. The molecule has 0 amide bonds. The quantitative estimate of drug-likeness (QED) is 0.658. The van der Waals surface area contributed by atoms with Crippen LogP contribution in [0.5, 0.6) is 5.75 Å². The molecule has 1 heterocycles. The van der Waals surface area contributed by atoms with Gasteiger partial charge in [0.15, 0.2) is 0 Å². The summed E-state index contributed by atoms with van der Waals surface area (Å²) in [5.41, 5.74) is 3.79. The zero-order valence-corrected chi connectivity index (χ0v) is 17.0. The van der Waals surface area contributed by atoms with Crippen molar-refractivity contribution in [1.82, 2.24) is 9.78 Å². The van der Waals surface area contributed by atoms with Crippen molar-refractivity contribution in [3.63, 3.8) is 0 Å². The van der Waals surface area contributed by atoms with Gasteiger partial charge in [-0.2, -0.15) is 9.78 Å². The Hall–Kier alpha value is -3.28. The first-order valence-corrected chi connectivity index (χ1v) is 9.22. The van der Waals surface area contributed by atoms with Crippen molar-refractivity contribution >= 4 is 11.4 Å². The van der Waals surface area contributed by atoms with Crippen molar-refractivity contribution in [3.8, 4) is 22.7 Å². The van der Waals surface area contributed by atoms with Crippen LogP contribution in [0, 0.1) is 0 Å². The van der Waals surface area contributed by atoms with Crippen LogP contribution in [0.1, 0.15) is 6.92 Å². The molecule has 2 aromatic carbocycles. The highest BCUT2D eigenvalue weighted by Crippen LogP contribution is 2.25. The molecule has 0 saturated carbocycles. The number of rotatable bonds is 6. The Kier molecular flexibility index (Phi) is 5.68. The standard InChI is InChI=1S/C22H26N4O2/c1-6-25(4)21-15-20(16-9-7-12-19(13-16)28-5)23-26(22(21)27)18-11-8-10-17(14-18)24(2)3/h7-15H,6H2,1-5H3. The van der Waals surface area contributed by atoms with Gasteiger partial charge in [-0.25, -0.2) is 0 Å². The van der Waals surface area contributed by atoms with Crippen molar-refractivity contribution in [2.45, 2.75) is 6.92 Å². The van der Waals surface area contributed by atoms with Gasteiger partial charge in [0, 0.05) is 38.9 Å². The first kappa shape index (κ1) is 19.5. The van der Waals surface area contributed by atoms with Crippen LogP contribution >= 0.6 is 0 Å². The van der Waals surface area contributed by atoms with E-state index in [1.54, 1.807) is 7.11 Å². The van der Waals surface area contributed by atoms with Crippen LogP contribution in [0.4, 0.5) is 11.4 Å². The Morgan fingerprint density at radius 3 is 2.46 bits per heavy atom. The first-order chi connectivity index (χ1) is 13.4. The van der Waals surface area contributed by atoms with E-state index >= 15 is 0 Å². The fraction of sp³-hybridized carbons (Fsp3) is 0.273. The predicted molar refractivity (Wildman–Crippen MR) is 115 cm³/mol. The van der Waals surface area contributed by atoms with Crippen molar-refractivity contribution in [1.29, 1.82) is 0 Å². The lowest BCUT2D eigenvalue weighted by molar-refractivity contribution is 0.415. The fourth-order valence-corrected chi connectivity index (χ4v) is 2.93. The molecule has 28 heavy (non-hydrogen) atoms. The zero-order valence-electron chi connectivity index (χ0n) is 17.0. The summed E-state index contributed by atoms with van der Waals surface area (Å²) in [6, 6.07) is 17.3. The summed E-state index contributed by atoms with van der Waals surface area (Å²) in [7, 11) is 7.49. The first-order valence-electron chi connectivity index (χ1n) is 9.22. The minimum absolute atomic E-state index is 0.146. The van der Waals surface area contributed by atoms with Crippen LogP contribution in [-0.2, 0) is 0 Å². The molecule has 0 aliphatic heterocycles. The molecule has 6 heteroatoms. The second-order valence-corrected chi connectivity index (χ2v) is 6.79. The third-order valence-electron chi connectivity index (χ3n) is 4.73. The fourth-order valence-electron chi connectivity index (χ4n) is 2.93. The van der Waals surface area contributed by atoms with E-state index in [4.69, 9.17) is 4.74 Å². The van der Waals surface area contributed by atoms with Gasteiger partial charge in [0.2, 0.25) is 0 Å². The Balaban J connectivity index is 2.24. The Bertz CT molecular complexity index is 1030. The van der Waals surface area contributed by atoms with E-state index in [0.717, 1.165) is 22.7 Å². The van der Waals surface area contributed by atoms with Gasteiger partial charge < -0.3 is 14.5 Å². The number of anilines is 2. The number of hydrogen-bond donors (Lipinski definition) is 0. The van der Waals surface area contributed by atoms with Crippen LogP contribution in [-0.4, -0.2) is 44.6 Å². The minimum atomic E-state index is -0.146. The summed E-state index contributed by atoms with van der Waals surface area (Å²) in [5, 5.41) is 4.67. The van der Waals surface area contributed by atoms with E-state index in [2.05, 4.69) is 5.10 Å². The highest BCUT2D eigenvalue weighted by molar-refractivity contribution is 5.66. The van der Waals surface area contributed by atoms with E-state index < -0.39 is 0 Å². The lowest BCUT2D eigenvalue weighted by atomic mass is 10.1. The molecular weight excluding hydrogens is 352 g/mol. The largest absolute Gasteiger partial charge is 0.497 e. The maximum Gasteiger partial charge on any atom is 0.295 e. The number of hydrogen-bond acceptors (Lipinski definition) is 5. The number of aromatic nitrogens is 2. The van der Waals surface area contributed by atoms with Gasteiger partial charge in [-0.15, -0.1) is 0 Å². The summed E-state index contributed by atoms with van der Waals surface area (Å²) in [5.74, 6) is 0.747. The van der Waals surface area contributed by atoms with Crippen molar-refractivity contribution in [2.24, 2.45) is 0 Å². The second-order valence-electron chi connectivity index (χ2n) is 6.79. The minimum Gasteiger partial charge on any atom is -0.497 e. The lowest BCUT2D eigenvalue weighted by Crippen LogP contribution is -2.30. The normalized spacial score (nSPS) is 10.6. The molecule has 0 atom stereocenters. The summed E-state index contributed by atoms with van der Waals surface area (Å²) in [4.78, 5) is 17.1. The maximum atomic E-state index is 13.2. The molecule has 1 aromatic heterocycles. The van der Waals surface area contributed by atoms with Gasteiger partial charge in [-0.05, 0) is 43.3 Å². The van der Waals surface area contributed by atoms with Gasteiger partial charge in [0.25, 0.3) is 5.56 Å². The van der Waals surface area contributed by atoms with Crippen molar-refractivity contribution in [2.75, 3.05) is 44.6 Å². The highest BCUT2D eigenvalue weighted by Gasteiger charge is 2.15. The van der Waals surface area contributed by atoms with Gasteiger partial charge in [-0.3, -0.25) is 4.79 Å². The Morgan fingerprint density at radius 1 is 1.04 bits per heavy atom. The third-order valence-corrected chi connectivity index (χ3v) is 4.73. The summed E-state index contributed by atoms with van der Waals surface area (Å²) >= 11 is 0. The van der Waals surface area contributed by atoms with Crippen LogP contribution in [0.3, 0.4) is 0 Å². The monoisotopic (exact) mass is 378 g/mol. The lowest BCUT2D eigenvalue weighted by Gasteiger charge is -2.19. The van der Waals surface area contributed by atoms with E-state index in [1.165, 1.54) is 4.68 Å². The molecule has 0 aliphatic rings. The van der Waals surface area contributed by atoms with Crippen LogP contribution in [0.2, 0.25) is 0 Å². The van der Waals surface area contributed by atoms with E-state index in [0.29, 0.717) is 17.9 Å². The number of benzene rings is 2. The average molecular weight is 378 g/mol. The predicted octanol–water partition coefficient (Wildman–Crippen LogP) is 3.43. The molecule has 0 radical (unpaired) electrons. The second kappa shape index (κ2) is 8.17. The molecule has 0 unspecified atom stereocenters. The highest BCUT2D eigenvalue weighted by atomic mass is 16.5. The van der Waals surface area contributed by atoms with Gasteiger partial charge in [0.1, 0.15) is 11.4 Å². The van der Waals surface area contributed by atoms with Gasteiger partial charge in [-0.1, -0.05) is 18.2 Å². The van der Waals surface area contributed by atoms with Crippen molar-refractivity contribution < 1.29 is 4.74 Å². The maximum absolute atomic E-state index is 13.2. The average Bonchev–Trinajstić information content (AvgIpc) is 2.73. The van der Waals surface area contributed by atoms with E-state index in [9.17, 15) is 4.79 Å². The molecular formula is C22H26N4O2. The van der Waals surface area contributed by atoms with E-state index in [-0.39, 0.29) is 5.56 Å². The molecule has 0 fully saturated rings. The molecule has 0 saturated heterocycles. The molecule has 3 rings (SSSR count). The molecule has 0 aliphatic carbocycles. The number of nitrogens with zero attached hydrogens (tertiary/aromatic N) is 4. The van der Waals surface area contributed by atoms with Crippen molar-refractivity contribution in [3.05, 3.63) is 65.0 Å². The molecule has 3 aromatic rings. The zero-order chi connectivity index (χ0) is 20.3. The number of ether oxygens (including phenoxy) is 1. The Morgan fingerprint density at radius 2 is 1.79 bits per heavy atom. The van der Waals surface area contributed by atoms with Gasteiger partial charge >= 0.3 is 0 Å². The van der Waals surface area contributed by atoms with E-state index in [1.807, 2.05) is 92.5 Å². The third kappa shape index (κ3) is 3.86. The topological polar surface area (TPSA) is 50.6 Å². The summed E-state index contributed by atoms with van der Waals surface area (Å²) < 4.78 is 6.82. The van der Waals surface area contributed by atoms with Crippen LogP contribution in [0.25, 0.3) is 16.9 Å². The Labute approximate surface area is 165 Å². The summed E-state index contributed by atoms with van der Waals surface area (Å²) in [6.07, 6.45) is 0. The number of methoxy groups -OCH3 is 1. The summed E-state index contributed by atoms with van der Waals surface area (Å²) in [6.45, 7) is 2.73. The van der Waals surface area contributed by atoms with Gasteiger partial charge in [0.05, 0.1) is 18.5 Å².